The van der Waals surface area contributed by atoms with Crippen LogP contribution in [0.2, 0.25) is 0 Å². The molecular weight excluding hydrogens is 178 g/mol. The second-order valence-electron chi connectivity index (χ2n) is 3.44. The SMILES string of the molecule is C=C(C)CCNC(C)c1ccsc1. The van der Waals surface area contributed by atoms with Gasteiger partial charge in [0.1, 0.15) is 0 Å². The van der Waals surface area contributed by atoms with E-state index in [4.69, 9.17) is 0 Å². The zero-order chi connectivity index (χ0) is 9.68. The summed E-state index contributed by atoms with van der Waals surface area (Å²) in [6.45, 7) is 9.16. The summed E-state index contributed by atoms with van der Waals surface area (Å²) in [5, 5.41) is 7.77. The van der Waals surface area contributed by atoms with Gasteiger partial charge in [0.2, 0.25) is 0 Å². The fourth-order valence-electron chi connectivity index (χ4n) is 1.14. The highest BCUT2D eigenvalue weighted by atomic mass is 32.1. The summed E-state index contributed by atoms with van der Waals surface area (Å²) in [5.74, 6) is 0. The molecule has 2 heteroatoms. The lowest BCUT2D eigenvalue weighted by Gasteiger charge is -2.11. The Labute approximate surface area is 84.5 Å². The highest BCUT2D eigenvalue weighted by Gasteiger charge is 2.03. The van der Waals surface area contributed by atoms with E-state index in [2.05, 4.69) is 42.6 Å². The van der Waals surface area contributed by atoms with Crippen LogP contribution in [-0.4, -0.2) is 6.54 Å². The van der Waals surface area contributed by atoms with Gasteiger partial charge in [-0.2, -0.15) is 11.3 Å². The van der Waals surface area contributed by atoms with Crippen LogP contribution >= 0.6 is 11.3 Å². The summed E-state index contributed by atoms with van der Waals surface area (Å²) in [6, 6.07) is 2.63. The minimum atomic E-state index is 0.464. The Balaban J connectivity index is 2.26. The summed E-state index contributed by atoms with van der Waals surface area (Å²) in [4.78, 5) is 0. The molecule has 0 aromatic carbocycles. The minimum Gasteiger partial charge on any atom is -0.310 e. The van der Waals surface area contributed by atoms with Gasteiger partial charge in [-0.05, 0) is 49.2 Å². The predicted molar refractivity (Wildman–Crippen MR) is 60.2 cm³/mol. The first-order valence-electron chi connectivity index (χ1n) is 4.60. The number of thiophene rings is 1. The molecule has 1 aromatic heterocycles. The molecule has 0 spiro atoms. The summed E-state index contributed by atoms with van der Waals surface area (Å²) < 4.78 is 0. The van der Waals surface area contributed by atoms with Crippen molar-refractivity contribution >= 4 is 11.3 Å². The molecule has 0 saturated carbocycles. The fraction of sp³-hybridized carbons (Fsp3) is 0.455. The summed E-state index contributed by atoms with van der Waals surface area (Å²) in [6.07, 6.45) is 1.06. The van der Waals surface area contributed by atoms with Crippen LogP contribution in [0.25, 0.3) is 0 Å². The standard InChI is InChI=1S/C11H17NS/c1-9(2)4-6-12-10(3)11-5-7-13-8-11/h5,7-8,10,12H,1,4,6H2,2-3H3. The second kappa shape index (κ2) is 5.20. The zero-order valence-electron chi connectivity index (χ0n) is 8.34. The number of nitrogens with one attached hydrogen (secondary N) is 1. The first-order valence-corrected chi connectivity index (χ1v) is 5.54. The largest absolute Gasteiger partial charge is 0.310 e. The van der Waals surface area contributed by atoms with Crippen LogP contribution in [0.1, 0.15) is 31.9 Å². The second-order valence-corrected chi connectivity index (χ2v) is 4.22. The van der Waals surface area contributed by atoms with Crippen molar-refractivity contribution in [1.29, 1.82) is 0 Å². The monoisotopic (exact) mass is 195 g/mol. The highest BCUT2D eigenvalue weighted by Crippen LogP contribution is 2.15. The lowest BCUT2D eigenvalue weighted by atomic mass is 10.1. The normalized spacial score (nSPS) is 12.8. The molecular formula is C11H17NS. The molecule has 1 nitrogen and oxygen atoms in total. The Bertz CT molecular complexity index is 251. The number of rotatable bonds is 5. The van der Waals surface area contributed by atoms with Crippen molar-refractivity contribution in [2.75, 3.05) is 6.54 Å². The predicted octanol–water partition coefficient (Wildman–Crippen LogP) is 3.36. The molecule has 1 N–H and O–H groups in total. The summed E-state index contributed by atoms with van der Waals surface area (Å²) in [5.41, 5.74) is 2.62. The Hall–Kier alpha value is -0.600. The molecule has 1 aromatic rings. The molecule has 0 aliphatic carbocycles. The van der Waals surface area contributed by atoms with Crippen molar-refractivity contribution in [1.82, 2.24) is 5.32 Å². The van der Waals surface area contributed by atoms with Crippen LogP contribution in [0.15, 0.2) is 29.0 Å². The first-order chi connectivity index (χ1) is 6.20. The van der Waals surface area contributed by atoms with Crippen molar-refractivity contribution in [3.8, 4) is 0 Å². The van der Waals surface area contributed by atoms with Gasteiger partial charge in [0.25, 0.3) is 0 Å². The third-order valence-electron chi connectivity index (χ3n) is 2.05. The number of hydrogen-bond acceptors (Lipinski definition) is 2. The van der Waals surface area contributed by atoms with Crippen molar-refractivity contribution in [2.45, 2.75) is 26.3 Å². The smallest absolute Gasteiger partial charge is 0.0300 e. The summed E-state index contributed by atoms with van der Waals surface area (Å²) >= 11 is 1.75. The van der Waals surface area contributed by atoms with E-state index in [0.717, 1.165) is 13.0 Å². The Morgan fingerprint density at radius 3 is 3.00 bits per heavy atom. The molecule has 13 heavy (non-hydrogen) atoms. The van der Waals surface area contributed by atoms with Gasteiger partial charge in [0.05, 0.1) is 0 Å². The van der Waals surface area contributed by atoms with E-state index in [1.807, 2.05) is 0 Å². The lowest BCUT2D eigenvalue weighted by molar-refractivity contribution is 0.577. The van der Waals surface area contributed by atoms with Gasteiger partial charge in [-0.1, -0.05) is 5.57 Å². The maximum Gasteiger partial charge on any atom is 0.0300 e. The average Bonchev–Trinajstić information content (AvgIpc) is 2.55. The third-order valence-corrected chi connectivity index (χ3v) is 2.75. The molecule has 1 atom stereocenters. The molecule has 0 bridgehead atoms. The molecule has 0 aliphatic heterocycles. The van der Waals surface area contributed by atoms with Crippen molar-refractivity contribution in [2.24, 2.45) is 0 Å². The fourth-order valence-corrected chi connectivity index (χ4v) is 1.90. The van der Waals surface area contributed by atoms with E-state index in [-0.39, 0.29) is 0 Å². The van der Waals surface area contributed by atoms with E-state index in [9.17, 15) is 0 Å². The van der Waals surface area contributed by atoms with Gasteiger partial charge in [-0.15, -0.1) is 6.58 Å². The Morgan fingerprint density at radius 1 is 1.69 bits per heavy atom. The van der Waals surface area contributed by atoms with E-state index in [1.165, 1.54) is 11.1 Å². The van der Waals surface area contributed by atoms with Gasteiger partial charge in [-0.25, -0.2) is 0 Å². The van der Waals surface area contributed by atoms with Crippen molar-refractivity contribution in [3.63, 3.8) is 0 Å². The maximum absolute atomic E-state index is 3.88. The van der Waals surface area contributed by atoms with Crippen LogP contribution in [0.4, 0.5) is 0 Å². The van der Waals surface area contributed by atoms with E-state index in [1.54, 1.807) is 11.3 Å². The average molecular weight is 195 g/mol. The quantitative estimate of drug-likeness (QED) is 0.710. The topological polar surface area (TPSA) is 12.0 Å². The molecule has 0 fully saturated rings. The molecule has 0 saturated heterocycles. The molecule has 0 aliphatic rings. The van der Waals surface area contributed by atoms with Crippen LogP contribution in [0, 0.1) is 0 Å². The molecule has 1 unspecified atom stereocenters. The van der Waals surface area contributed by atoms with Crippen LogP contribution < -0.4 is 5.32 Å². The molecule has 1 heterocycles. The number of hydrogen-bond donors (Lipinski definition) is 1. The summed E-state index contributed by atoms with van der Waals surface area (Å²) in [7, 11) is 0. The Kier molecular flexibility index (Phi) is 4.19. The van der Waals surface area contributed by atoms with Crippen LogP contribution in [-0.2, 0) is 0 Å². The third kappa shape index (κ3) is 3.75. The first kappa shape index (κ1) is 10.5. The van der Waals surface area contributed by atoms with Gasteiger partial charge < -0.3 is 5.32 Å². The minimum absolute atomic E-state index is 0.464. The van der Waals surface area contributed by atoms with Gasteiger partial charge in [-0.3, -0.25) is 0 Å². The lowest BCUT2D eigenvalue weighted by Crippen LogP contribution is -2.19. The van der Waals surface area contributed by atoms with Crippen molar-refractivity contribution < 1.29 is 0 Å². The van der Waals surface area contributed by atoms with Gasteiger partial charge >= 0.3 is 0 Å². The van der Waals surface area contributed by atoms with Gasteiger partial charge in [0, 0.05) is 6.04 Å². The van der Waals surface area contributed by atoms with E-state index >= 15 is 0 Å². The Morgan fingerprint density at radius 2 is 2.46 bits per heavy atom. The molecule has 1 rings (SSSR count). The zero-order valence-corrected chi connectivity index (χ0v) is 9.16. The van der Waals surface area contributed by atoms with Gasteiger partial charge in [0.15, 0.2) is 0 Å². The molecule has 0 amide bonds. The molecule has 0 radical (unpaired) electrons. The van der Waals surface area contributed by atoms with Crippen LogP contribution in [0.5, 0.6) is 0 Å². The van der Waals surface area contributed by atoms with Crippen molar-refractivity contribution in [3.05, 3.63) is 34.5 Å². The van der Waals surface area contributed by atoms with Crippen LogP contribution in [0.3, 0.4) is 0 Å². The maximum atomic E-state index is 3.88. The van der Waals surface area contributed by atoms with E-state index in [0.29, 0.717) is 6.04 Å². The van der Waals surface area contributed by atoms with E-state index < -0.39 is 0 Å². The molecule has 72 valence electrons. The highest BCUT2D eigenvalue weighted by molar-refractivity contribution is 7.07.